The number of likely N-dealkylation sites (tertiary alicyclic amines) is 1. The number of carbonyl (C=O) groups excluding carboxylic acids is 1. The summed E-state index contributed by atoms with van der Waals surface area (Å²) in [6, 6.07) is 8.95. The molecule has 6 heteroatoms. The van der Waals surface area contributed by atoms with Gasteiger partial charge in [-0.15, -0.1) is 12.4 Å². The molecule has 5 nitrogen and oxygen atoms in total. The average molecular weight is 382 g/mol. The van der Waals surface area contributed by atoms with Gasteiger partial charge in [-0.3, -0.25) is 9.69 Å². The zero-order valence-corrected chi connectivity index (χ0v) is 16.7. The first-order valence-corrected chi connectivity index (χ1v) is 9.56. The summed E-state index contributed by atoms with van der Waals surface area (Å²) in [5.74, 6) is 1.23. The molecule has 3 rings (SSSR count). The van der Waals surface area contributed by atoms with Gasteiger partial charge in [-0.25, -0.2) is 0 Å². The fourth-order valence-electron chi connectivity index (χ4n) is 4.05. The second kappa shape index (κ2) is 10.1. The molecule has 26 heavy (non-hydrogen) atoms. The van der Waals surface area contributed by atoms with E-state index in [1.54, 1.807) is 7.11 Å². The van der Waals surface area contributed by atoms with Crippen molar-refractivity contribution in [3.8, 4) is 5.75 Å². The Morgan fingerprint density at radius 3 is 2.62 bits per heavy atom. The maximum atomic E-state index is 12.6. The number of benzene rings is 1. The predicted molar refractivity (Wildman–Crippen MR) is 107 cm³/mol. The Balaban J connectivity index is 0.00000243. The number of nitrogens with one attached hydrogen (secondary N) is 2. The third kappa shape index (κ3) is 5.35. The van der Waals surface area contributed by atoms with Crippen LogP contribution < -0.4 is 15.4 Å². The van der Waals surface area contributed by atoms with Crippen LogP contribution in [0.2, 0.25) is 0 Å². The van der Waals surface area contributed by atoms with E-state index in [2.05, 4.69) is 34.6 Å². The average Bonchev–Trinajstić information content (AvgIpc) is 3.16. The van der Waals surface area contributed by atoms with Crippen LogP contribution in [0.15, 0.2) is 24.3 Å². The van der Waals surface area contributed by atoms with Gasteiger partial charge in [0.2, 0.25) is 5.91 Å². The van der Waals surface area contributed by atoms with Crippen LogP contribution in [-0.4, -0.2) is 50.1 Å². The lowest BCUT2D eigenvalue weighted by atomic mass is 9.92. The Hall–Kier alpha value is -1.30. The minimum Gasteiger partial charge on any atom is -0.497 e. The normalized spacial score (nSPS) is 24.5. The molecule has 2 saturated heterocycles. The lowest BCUT2D eigenvalue weighted by molar-refractivity contribution is -0.126. The molecule has 0 aromatic heterocycles. The molecule has 1 aromatic carbocycles. The molecule has 3 atom stereocenters. The van der Waals surface area contributed by atoms with E-state index in [0.717, 1.165) is 38.2 Å². The number of rotatable bonds is 6. The van der Waals surface area contributed by atoms with Gasteiger partial charge in [0, 0.05) is 18.5 Å². The second-order valence-electron chi connectivity index (χ2n) is 7.35. The molecule has 2 fully saturated rings. The molecular formula is C20H32ClN3O2. The summed E-state index contributed by atoms with van der Waals surface area (Å²) in [6.07, 6.45) is 4.36. The Morgan fingerprint density at radius 2 is 2.00 bits per heavy atom. The van der Waals surface area contributed by atoms with Crippen molar-refractivity contribution in [2.75, 3.05) is 33.3 Å². The maximum Gasteiger partial charge on any atom is 0.223 e. The van der Waals surface area contributed by atoms with Gasteiger partial charge in [0.1, 0.15) is 5.75 Å². The number of hydrogen-bond donors (Lipinski definition) is 2. The largest absolute Gasteiger partial charge is 0.497 e. The van der Waals surface area contributed by atoms with E-state index in [-0.39, 0.29) is 30.3 Å². The van der Waals surface area contributed by atoms with Gasteiger partial charge in [0.15, 0.2) is 0 Å². The van der Waals surface area contributed by atoms with Gasteiger partial charge in [0.05, 0.1) is 13.2 Å². The SMILES string of the molecule is COc1ccc(C(CNC(=O)[C@H]2CCN[C@@H](C)C2)N2CCCC2)cc1.Cl. The molecule has 0 saturated carbocycles. The zero-order valence-electron chi connectivity index (χ0n) is 15.9. The molecule has 0 aliphatic carbocycles. The van der Waals surface area contributed by atoms with Crippen molar-refractivity contribution in [3.63, 3.8) is 0 Å². The molecule has 0 radical (unpaired) electrons. The summed E-state index contributed by atoms with van der Waals surface area (Å²) >= 11 is 0. The van der Waals surface area contributed by atoms with E-state index in [0.29, 0.717) is 12.6 Å². The molecule has 1 amide bonds. The summed E-state index contributed by atoms with van der Waals surface area (Å²) in [6.45, 7) is 5.99. The van der Waals surface area contributed by atoms with Crippen LogP contribution >= 0.6 is 12.4 Å². The molecular weight excluding hydrogens is 350 g/mol. The summed E-state index contributed by atoms with van der Waals surface area (Å²) < 4.78 is 5.27. The molecule has 2 aliphatic rings. The van der Waals surface area contributed by atoms with E-state index in [1.807, 2.05) is 12.1 Å². The molecule has 0 bridgehead atoms. The van der Waals surface area contributed by atoms with Crippen molar-refractivity contribution in [2.24, 2.45) is 5.92 Å². The van der Waals surface area contributed by atoms with E-state index >= 15 is 0 Å². The number of hydrogen-bond acceptors (Lipinski definition) is 4. The lowest BCUT2D eigenvalue weighted by Gasteiger charge is -2.31. The number of methoxy groups -OCH3 is 1. The first kappa shape index (κ1) is 21.0. The number of carbonyl (C=O) groups is 1. The summed E-state index contributed by atoms with van der Waals surface area (Å²) in [7, 11) is 1.69. The van der Waals surface area contributed by atoms with E-state index in [1.165, 1.54) is 18.4 Å². The third-order valence-corrected chi connectivity index (χ3v) is 5.55. The van der Waals surface area contributed by atoms with E-state index in [4.69, 9.17) is 4.74 Å². The first-order valence-electron chi connectivity index (χ1n) is 9.56. The van der Waals surface area contributed by atoms with Crippen LogP contribution in [0.25, 0.3) is 0 Å². The maximum absolute atomic E-state index is 12.6. The number of nitrogens with zero attached hydrogens (tertiary/aromatic N) is 1. The number of amides is 1. The van der Waals surface area contributed by atoms with Crippen molar-refractivity contribution < 1.29 is 9.53 Å². The Bertz CT molecular complexity index is 561. The fourth-order valence-corrected chi connectivity index (χ4v) is 4.05. The van der Waals surface area contributed by atoms with Gasteiger partial charge < -0.3 is 15.4 Å². The number of piperidine rings is 1. The third-order valence-electron chi connectivity index (χ3n) is 5.55. The number of ether oxygens (including phenoxy) is 1. The van der Waals surface area contributed by atoms with Gasteiger partial charge >= 0.3 is 0 Å². The quantitative estimate of drug-likeness (QED) is 0.795. The Kier molecular flexibility index (Phi) is 8.19. The van der Waals surface area contributed by atoms with Crippen LogP contribution in [0, 0.1) is 5.92 Å². The van der Waals surface area contributed by atoms with Crippen molar-refractivity contribution >= 4 is 18.3 Å². The molecule has 146 valence electrons. The van der Waals surface area contributed by atoms with E-state index in [9.17, 15) is 4.79 Å². The molecule has 1 unspecified atom stereocenters. The van der Waals surface area contributed by atoms with Crippen molar-refractivity contribution in [1.29, 1.82) is 0 Å². The van der Waals surface area contributed by atoms with Gasteiger partial charge in [0.25, 0.3) is 0 Å². The molecule has 2 aliphatic heterocycles. The standard InChI is InChI=1S/C20H31N3O2.ClH/c1-15-13-17(9-10-21-15)20(24)22-14-19(23-11-3-4-12-23)16-5-7-18(25-2)8-6-16;/h5-8,15,17,19,21H,3-4,9-14H2,1-2H3,(H,22,24);1H/t15-,17-,19?;/m0./s1. The Labute approximate surface area is 163 Å². The van der Waals surface area contributed by atoms with E-state index < -0.39 is 0 Å². The molecule has 0 spiro atoms. The summed E-state index contributed by atoms with van der Waals surface area (Å²) in [5.41, 5.74) is 1.25. The fraction of sp³-hybridized carbons (Fsp3) is 0.650. The van der Waals surface area contributed by atoms with Crippen molar-refractivity contribution in [2.45, 2.75) is 44.7 Å². The minimum atomic E-state index is 0. The predicted octanol–water partition coefficient (Wildman–Crippen LogP) is 2.76. The number of halogens is 1. The van der Waals surface area contributed by atoms with Crippen molar-refractivity contribution in [1.82, 2.24) is 15.5 Å². The van der Waals surface area contributed by atoms with Crippen LogP contribution in [0.4, 0.5) is 0 Å². The molecule has 1 aromatic rings. The highest BCUT2D eigenvalue weighted by Crippen LogP contribution is 2.26. The highest BCUT2D eigenvalue weighted by atomic mass is 35.5. The highest BCUT2D eigenvalue weighted by Gasteiger charge is 2.27. The second-order valence-corrected chi connectivity index (χ2v) is 7.35. The summed E-state index contributed by atoms with van der Waals surface area (Å²) in [5, 5.41) is 6.65. The van der Waals surface area contributed by atoms with Gasteiger partial charge in [-0.1, -0.05) is 12.1 Å². The minimum absolute atomic E-state index is 0. The van der Waals surface area contributed by atoms with Gasteiger partial charge in [-0.05, 0) is 69.9 Å². The molecule has 2 N–H and O–H groups in total. The van der Waals surface area contributed by atoms with Crippen LogP contribution in [0.3, 0.4) is 0 Å². The van der Waals surface area contributed by atoms with Crippen molar-refractivity contribution in [3.05, 3.63) is 29.8 Å². The van der Waals surface area contributed by atoms with Crippen LogP contribution in [-0.2, 0) is 4.79 Å². The van der Waals surface area contributed by atoms with Crippen LogP contribution in [0.5, 0.6) is 5.75 Å². The Morgan fingerprint density at radius 1 is 1.31 bits per heavy atom. The summed E-state index contributed by atoms with van der Waals surface area (Å²) in [4.78, 5) is 15.1. The first-order chi connectivity index (χ1) is 12.2. The lowest BCUT2D eigenvalue weighted by Crippen LogP contribution is -2.44. The van der Waals surface area contributed by atoms with Crippen LogP contribution in [0.1, 0.15) is 44.2 Å². The topological polar surface area (TPSA) is 53.6 Å². The highest BCUT2D eigenvalue weighted by molar-refractivity contribution is 5.85. The zero-order chi connectivity index (χ0) is 17.6. The smallest absolute Gasteiger partial charge is 0.223 e. The van der Waals surface area contributed by atoms with Gasteiger partial charge in [-0.2, -0.15) is 0 Å². The monoisotopic (exact) mass is 381 g/mol. The molecule has 2 heterocycles.